The number of primary amides is 1. The molecular weight excluding hydrogens is 240 g/mol. The maximum atomic E-state index is 11.8. The highest BCUT2D eigenvalue weighted by Gasteiger charge is 2.39. The molecule has 2 unspecified atom stereocenters. The van der Waals surface area contributed by atoms with Crippen molar-refractivity contribution in [3.63, 3.8) is 0 Å². The van der Waals surface area contributed by atoms with E-state index in [0.717, 1.165) is 26.1 Å². The quantitative estimate of drug-likeness (QED) is 0.737. The first-order valence-electron chi connectivity index (χ1n) is 7.41. The summed E-state index contributed by atoms with van der Waals surface area (Å²) >= 11 is 0. The number of hydrogen-bond acceptors (Lipinski definition) is 4. The average Bonchev–Trinajstić information content (AvgIpc) is 3.11. The van der Waals surface area contributed by atoms with Crippen molar-refractivity contribution >= 4 is 5.91 Å². The van der Waals surface area contributed by atoms with Crippen LogP contribution in [0, 0.1) is 0 Å². The predicted molar refractivity (Wildman–Crippen MR) is 76.9 cm³/mol. The van der Waals surface area contributed by atoms with Crippen LogP contribution in [0.15, 0.2) is 0 Å². The zero-order valence-electron chi connectivity index (χ0n) is 12.5. The first-order chi connectivity index (χ1) is 8.90. The lowest BCUT2D eigenvalue weighted by molar-refractivity contribution is -0.124. The molecule has 1 aliphatic heterocycles. The number of hydrogen-bond donors (Lipinski definition) is 2. The fourth-order valence-corrected chi connectivity index (χ4v) is 2.94. The lowest BCUT2D eigenvalue weighted by Crippen LogP contribution is -2.61. The Kier molecular flexibility index (Phi) is 4.48. The van der Waals surface area contributed by atoms with Gasteiger partial charge in [0, 0.05) is 25.2 Å². The van der Waals surface area contributed by atoms with Crippen LogP contribution in [0.5, 0.6) is 0 Å². The highest BCUT2D eigenvalue weighted by molar-refractivity contribution is 5.84. The molecule has 2 fully saturated rings. The van der Waals surface area contributed by atoms with Crippen molar-refractivity contribution in [1.29, 1.82) is 0 Å². The highest BCUT2D eigenvalue weighted by atomic mass is 16.1. The third-order valence-corrected chi connectivity index (χ3v) is 4.35. The fraction of sp³-hybridized carbons (Fsp3) is 0.929. The van der Waals surface area contributed by atoms with Crippen molar-refractivity contribution in [3.8, 4) is 0 Å². The molecule has 1 aliphatic carbocycles. The van der Waals surface area contributed by atoms with Gasteiger partial charge in [-0.2, -0.15) is 0 Å². The highest BCUT2D eigenvalue weighted by Crippen LogP contribution is 2.23. The van der Waals surface area contributed by atoms with E-state index in [9.17, 15) is 4.79 Å². The van der Waals surface area contributed by atoms with Gasteiger partial charge in [-0.15, -0.1) is 0 Å². The number of rotatable bonds is 5. The van der Waals surface area contributed by atoms with Gasteiger partial charge in [0.05, 0.1) is 0 Å². The molecule has 0 aromatic carbocycles. The smallest absolute Gasteiger partial charge is 0.238 e. The zero-order valence-corrected chi connectivity index (χ0v) is 12.5. The summed E-state index contributed by atoms with van der Waals surface area (Å²) in [4.78, 5) is 16.6. The van der Waals surface area contributed by atoms with Gasteiger partial charge in [-0.3, -0.25) is 15.0 Å². The Bertz CT molecular complexity index is 331. The third kappa shape index (κ3) is 3.91. The van der Waals surface area contributed by atoms with E-state index in [2.05, 4.69) is 29.1 Å². The van der Waals surface area contributed by atoms with E-state index in [0.29, 0.717) is 18.6 Å². The van der Waals surface area contributed by atoms with Gasteiger partial charge in [0.2, 0.25) is 5.91 Å². The number of carbonyl (C=O) groups is 1. The number of nitrogens with one attached hydrogen (secondary N) is 1. The van der Waals surface area contributed by atoms with Crippen molar-refractivity contribution < 1.29 is 4.79 Å². The Morgan fingerprint density at radius 2 is 2.11 bits per heavy atom. The second-order valence-corrected chi connectivity index (χ2v) is 6.55. The summed E-state index contributed by atoms with van der Waals surface area (Å²) in [6.45, 7) is 8.13. The van der Waals surface area contributed by atoms with E-state index in [1.54, 1.807) is 0 Å². The standard InChI is InChI=1S/C14H28N4O/c1-11-9-17(3)7-4-8-18(11)10-14(2,13(15)19)16-12-5-6-12/h11-12,16H,4-10H2,1-3H3,(H2,15,19). The second-order valence-electron chi connectivity index (χ2n) is 6.55. The van der Waals surface area contributed by atoms with Crippen LogP contribution in [-0.2, 0) is 4.79 Å². The van der Waals surface area contributed by atoms with Crippen LogP contribution < -0.4 is 11.1 Å². The summed E-state index contributed by atoms with van der Waals surface area (Å²) in [5.74, 6) is -0.232. The lowest BCUT2D eigenvalue weighted by atomic mass is 9.99. The minimum Gasteiger partial charge on any atom is -0.368 e. The number of likely N-dealkylation sites (N-methyl/N-ethyl adjacent to an activating group) is 1. The van der Waals surface area contributed by atoms with Crippen molar-refractivity contribution in [2.75, 3.05) is 33.2 Å². The molecule has 3 N–H and O–H groups in total. The molecule has 0 aromatic heterocycles. The predicted octanol–water partition coefficient (Wildman–Crippen LogP) is 0.00840. The van der Waals surface area contributed by atoms with Gasteiger partial charge < -0.3 is 10.6 Å². The van der Waals surface area contributed by atoms with Gasteiger partial charge in [0.25, 0.3) is 0 Å². The molecule has 2 atom stereocenters. The molecule has 1 heterocycles. The van der Waals surface area contributed by atoms with Crippen LogP contribution >= 0.6 is 0 Å². The van der Waals surface area contributed by atoms with Gasteiger partial charge >= 0.3 is 0 Å². The minimum absolute atomic E-state index is 0.232. The van der Waals surface area contributed by atoms with Crippen LogP contribution in [0.3, 0.4) is 0 Å². The Balaban J connectivity index is 2.00. The zero-order chi connectivity index (χ0) is 14.0. The lowest BCUT2D eigenvalue weighted by Gasteiger charge is -2.36. The van der Waals surface area contributed by atoms with Crippen LogP contribution in [-0.4, -0.2) is 66.6 Å². The molecule has 110 valence electrons. The topological polar surface area (TPSA) is 61.6 Å². The Hall–Kier alpha value is -0.650. The monoisotopic (exact) mass is 268 g/mol. The SMILES string of the molecule is CC1CN(C)CCCN1CC(C)(NC1CC1)C(N)=O. The molecule has 0 spiro atoms. The summed E-state index contributed by atoms with van der Waals surface area (Å²) in [7, 11) is 2.16. The van der Waals surface area contributed by atoms with Crippen molar-refractivity contribution in [2.45, 2.75) is 50.7 Å². The van der Waals surface area contributed by atoms with Gasteiger partial charge in [-0.1, -0.05) is 0 Å². The molecule has 0 bridgehead atoms. The van der Waals surface area contributed by atoms with Crippen LogP contribution in [0.4, 0.5) is 0 Å². The Morgan fingerprint density at radius 1 is 1.42 bits per heavy atom. The van der Waals surface area contributed by atoms with E-state index in [4.69, 9.17) is 5.73 Å². The van der Waals surface area contributed by atoms with E-state index in [-0.39, 0.29) is 5.91 Å². The largest absolute Gasteiger partial charge is 0.368 e. The number of nitrogens with zero attached hydrogens (tertiary/aromatic N) is 2. The molecule has 0 aromatic rings. The summed E-state index contributed by atoms with van der Waals surface area (Å²) in [5.41, 5.74) is 5.04. The normalized spacial score (nSPS) is 29.7. The van der Waals surface area contributed by atoms with Crippen molar-refractivity contribution in [1.82, 2.24) is 15.1 Å². The molecule has 1 amide bonds. The molecule has 2 rings (SSSR count). The van der Waals surface area contributed by atoms with E-state index in [1.807, 2.05) is 6.92 Å². The van der Waals surface area contributed by atoms with Crippen LogP contribution in [0.2, 0.25) is 0 Å². The summed E-state index contributed by atoms with van der Waals surface area (Å²) < 4.78 is 0. The first-order valence-corrected chi connectivity index (χ1v) is 7.41. The summed E-state index contributed by atoms with van der Waals surface area (Å²) in [6, 6.07) is 0.953. The van der Waals surface area contributed by atoms with E-state index >= 15 is 0 Å². The fourth-order valence-electron chi connectivity index (χ4n) is 2.94. The van der Waals surface area contributed by atoms with Gasteiger partial charge in [-0.25, -0.2) is 0 Å². The van der Waals surface area contributed by atoms with Crippen LogP contribution in [0.25, 0.3) is 0 Å². The second kappa shape index (κ2) is 5.77. The van der Waals surface area contributed by atoms with E-state index in [1.165, 1.54) is 12.8 Å². The van der Waals surface area contributed by atoms with Crippen molar-refractivity contribution in [2.24, 2.45) is 5.73 Å². The first kappa shape index (κ1) is 14.8. The number of nitrogens with two attached hydrogens (primary N) is 1. The minimum atomic E-state index is -0.599. The van der Waals surface area contributed by atoms with Gasteiger partial charge in [-0.05, 0) is 53.2 Å². The maximum Gasteiger partial charge on any atom is 0.238 e. The number of carbonyl (C=O) groups excluding carboxylic acids is 1. The van der Waals surface area contributed by atoms with Gasteiger partial charge in [0.15, 0.2) is 0 Å². The molecule has 1 saturated heterocycles. The molecule has 5 heteroatoms. The maximum absolute atomic E-state index is 11.8. The van der Waals surface area contributed by atoms with Gasteiger partial charge in [0.1, 0.15) is 5.54 Å². The molecule has 1 saturated carbocycles. The van der Waals surface area contributed by atoms with Crippen LogP contribution in [0.1, 0.15) is 33.1 Å². The molecular formula is C14H28N4O. The molecule has 5 nitrogen and oxygen atoms in total. The number of amides is 1. The molecule has 19 heavy (non-hydrogen) atoms. The Morgan fingerprint density at radius 3 is 2.68 bits per heavy atom. The van der Waals surface area contributed by atoms with E-state index < -0.39 is 5.54 Å². The summed E-state index contributed by atoms with van der Waals surface area (Å²) in [5, 5.41) is 3.44. The Labute approximate surface area is 116 Å². The third-order valence-electron chi connectivity index (χ3n) is 4.35. The summed E-state index contributed by atoms with van der Waals surface area (Å²) in [6.07, 6.45) is 3.49. The molecule has 0 radical (unpaired) electrons. The van der Waals surface area contributed by atoms with Crippen molar-refractivity contribution in [3.05, 3.63) is 0 Å². The average molecular weight is 268 g/mol. The molecule has 2 aliphatic rings.